The van der Waals surface area contributed by atoms with Crippen LogP contribution in [0.15, 0.2) is 0 Å². The summed E-state index contributed by atoms with van der Waals surface area (Å²) in [6, 6.07) is 0. The number of ketones is 1. The first-order chi connectivity index (χ1) is 4.57. The Hall–Kier alpha value is -0.860. The summed E-state index contributed by atoms with van der Waals surface area (Å²) < 4.78 is 0. The molecule has 0 aliphatic heterocycles. The number of hydrogen-bond acceptors (Lipinski definition) is 2. The van der Waals surface area contributed by atoms with Gasteiger partial charge in [0.05, 0.1) is 6.54 Å². The maximum atomic E-state index is 10.9. The third-order valence-corrected chi connectivity index (χ3v) is 1.23. The van der Waals surface area contributed by atoms with E-state index in [-0.39, 0.29) is 18.2 Å². The van der Waals surface area contributed by atoms with E-state index in [1.807, 2.05) is 13.8 Å². The first kappa shape index (κ1) is 9.14. The molecule has 0 saturated heterocycles. The Balaban J connectivity index is 3.68. The second kappa shape index (κ2) is 4.04. The summed E-state index contributed by atoms with van der Waals surface area (Å²) in [4.78, 5) is 22.3. The monoisotopic (exact) mass is 143 g/mol. The molecule has 0 spiro atoms. The zero-order chi connectivity index (χ0) is 8.15. The normalized spacial score (nSPS) is 9.60. The molecule has 0 bridgehead atoms. The van der Waals surface area contributed by atoms with Gasteiger partial charge < -0.3 is 4.90 Å². The lowest BCUT2D eigenvalue weighted by molar-refractivity contribution is -0.127. The lowest BCUT2D eigenvalue weighted by Gasteiger charge is -2.10. The lowest BCUT2D eigenvalue weighted by atomic mass is 10.1. The molecule has 58 valence electrons. The number of hydrogen-bond donors (Lipinski definition) is 0. The first-order valence-electron chi connectivity index (χ1n) is 3.26. The fourth-order valence-electron chi connectivity index (χ4n) is 0.466. The van der Waals surface area contributed by atoms with Gasteiger partial charge >= 0.3 is 0 Å². The van der Waals surface area contributed by atoms with E-state index in [9.17, 15) is 9.59 Å². The summed E-state index contributed by atoms with van der Waals surface area (Å²) in [5, 5.41) is 0. The molecule has 0 fully saturated rings. The molecule has 0 unspecified atom stereocenters. The summed E-state index contributed by atoms with van der Waals surface area (Å²) in [5.41, 5.74) is 0. The molecule has 1 amide bonds. The van der Waals surface area contributed by atoms with Crippen LogP contribution in [-0.4, -0.2) is 30.7 Å². The number of carbonyl (C=O) groups is 2. The Morgan fingerprint density at radius 2 is 2.10 bits per heavy atom. The van der Waals surface area contributed by atoms with Crippen LogP contribution in [0.2, 0.25) is 0 Å². The van der Waals surface area contributed by atoms with Gasteiger partial charge in [-0.15, -0.1) is 0 Å². The van der Waals surface area contributed by atoms with Gasteiger partial charge in [0, 0.05) is 13.0 Å². The van der Waals surface area contributed by atoms with Crippen molar-refractivity contribution in [1.29, 1.82) is 0 Å². The highest BCUT2D eigenvalue weighted by atomic mass is 16.1. The predicted octanol–water partition coefficient (Wildman–Crippen LogP) is 0.300. The zero-order valence-electron chi connectivity index (χ0n) is 6.63. The molecule has 0 heterocycles. The number of Topliss-reactive ketones (excluding diaryl/α,β-unsaturated/α-hetero) is 1. The van der Waals surface area contributed by atoms with Crippen molar-refractivity contribution in [1.82, 2.24) is 4.90 Å². The van der Waals surface area contributed by atoms with Gasteiger partial charge in [0.1, 0.15) is 0 Å². The number of rotatable bonds is 4. The van der Waals surface area contributed by atoms with Gasteiger partial charge in [-0.05, 0) is 0 Å². The van der Waals surface area contributed by atoms with Crippen molar-refractivity contribution < 1.29 is 9.59 Å². The van der Waals surface area contributed by atoms with E-state index in [1.165, 1.54) is 4.90 Å². The maximum Gasteiger partial charge on any atom is 0.209 e. The van der Waals surface area contributed by atoms with Crippen LogP contribution in [-0.2, 0) is 9.59 Å². The van der Waals surface area contributed by atoms with E-state index < -0.39 is 0 Å². The lowest BCUT2D eigenvalue weighted by Crippen LogP contribution is -2.27. The molecule has 3 heteroatoms. The van der Waals surface area contributed by atoms with E-state index >= 15 is 0 Å². The van der Waals surface area contributed by atoms with Crippen LogP contribution in [0, 0.1) is 5.92 Å². The van der Waals surface area contributed by atoms with E-state index in [4.69, 9.17) is 0 Å². The third kappa shape index (κ3) is 3.22. The van der Waals surface area contributed by atoms with Crippen molar-refractivity contribution in [2.45, 2.75) is 13.8 Å². The fourth-order valence-corrected chi connectivity index (χ4v) is 0.466. The molecule has 0 aliphatic carbocycles. The number of carbonyl (C=O) groups excluding carboxylic acids is 2. The quantitative estimate of drug-likeness (QED) is 0.531. The van der Waals surface area contributed by atoms with Crippen LogP contribution < -0.4 is 0 Å². The number of likely N-dealkylation sites (N-methyl/N-ethyl adjacent to an activating group) is 1. The SMILES string of the molecule is CC(C)C(=O)CN(C)C=O. The molecule has 0 aliphatic rings. The molecule has 10 heavy (non-hydrogen) atoms. The van der Waals surface area contributed by atoms with Crippen molar-refractivity contribution in [3.8, 4) is 0 Å². The van der Waals surface area contributed by atoms with Gasteiger partial charge in [0.25, 0.3) is 0 Å². The van der Waals surface area contributed by atoms with Crippen molar-refractivity contribution in [3.63, 3.8) is 0 Å². The summed E-state index contributed by atoms with van der Waals surface area (Å²) >= 11 is 0. The summed E-state index contributed by atoms with van der Waals surface area (Å²) in [7, 11) is 1.59. The van der Waals surface area contributed by atoms with Crippen molar-refractivity contribution in [2.24, 2.45) is 5.92 Å². The highest BCUT2D eigenvalue weighted by molar-refractivity contribution is 5.83. The van der Waals surface area contributed by atoms with Crippen molar-refractivity contribution >= 4 is 12.2 Å². The topological polar surface area (TPSA) is 37.4 Å². The highest BCUT2D eigenvalue weighted by Crippen LogP contribution is 1.94. The molecule has 0 saturated carbocycles. The Bertz CT molecular complexity index is 132. The summed E-state index contributed by atoms with van der Waals surface area (Å²) in [5.74, 6) is 0.108. The molecule has 0 atom stereocenters. The largest absolute Gasteiger partial charge is 0.341 e. The Morgan fingerprint density at radius 1 is 1.60 bits per heavy atom. The van der Waals surface area contributed by atoms with Gasteiger partial charge in [0.15, 0.2) is 5.78 Å². The molecule has 0 N–H and O–H groups in total. The van der Waals surface area contributed by atoms with Crippen LogP contribution >= 0.6 is 0 Å². The highest BCUT2D eigenvalue weighted by Gasteiger charge is 2.08. The average Bonchev–Trinajstić information content (AvgIpc) is 1.87. The summed E-state index contributed by atoms with van der Waals surface area (Å²) in [6.45, 7) is 3.86. The predicted molar refractivity (Wildman–Crippen MR) is 38.5 cm³/mol. The Morgan fingerprint density at radius 3 is 2.40 bits per heavy atom. The Labute approximate surface area is 61.0 Å². The van der Waals surface area contributed by atoms with E-state index in [0.29, 0.717) is 6.41 Å². The minimum Gasteiger partial charge on any atom is -0.341 e. The van der Waals surface area contributed by atoms with Crippen molar-refractivity contribution in [2.75, 3.05) is 13.6 Å². The summed E-state index contributed by atoms with van der Waals surface area (Å²) in [6.07, 6.45) is 0.653. The second-order valence-electron chi connectivity index (χ2n) is 2.64. The minimum atomic E-state index is 0.0161. The second-order valence-corrected chi connectivity index (χ2v) is 2.64. The molecule has 0 aromatic rings. The third-order valence-electron chi connectivity index (χ3n) is 1.23. The van der Waals surface area contributed by atoms with Crippen LogP contribution in [0.4, 0.5) is 0 Å². The van der Waals surface area contributed by atoms with Gasteiger partial charge in [0.2, 0.25) is 6.41 Å². The molecule has 0 aromatic carbocycles. The number of amides is 1. The molecule has 0 radical (unpaired) electrons. The molecule has 0 aromatic heterocycles. The Kier molecular flexibility index (Phi) is 3.69. The maximum absolute atomic E-state index is 10.9. The smallest absolute Gasteiger partial charge is 0.209 e. The molecular formula is C7H13NO2. The molecule has 3 nitrogen and oxygen atoms in total. The van der Waals surface area contributed by atoms with Crippen LogP contribution in [0.1, 0.15) is 13.8 Å². The van der Waals surface area contributed by atoms with Crippen LogP contribution in [0.3, 0.4) is 0 Å². The van der Waals surface area contributed by atoms with Gasteiger partial charge in [-0.25, -0.2) is 0 Å². The minimum absolute atomic E-state index is 0.0161. The number of nitrogens with zero attached hydrogens (tertiary/aromatic N) is 1. The van der Waals surface area contributed by atoms with Crippen LogP contribution in [0.5, 0.6) is 0 Å². The zero-order valence-corrected chi connectivity index (χ0v) is 6.63. The van der Waals surface area contributed by atoms with E-state index in [1.54, 1.807) is 7.05 Å². The first-order valence-corrected chi connectivity index (χ1v) is 3.26. The van der Waals surface area contributed by atoms with Gasteiger partial charge in [-0.2, -0.15) is 0 Å². The van der Waals surface area contributed by atoms with E-state index in [2.05, 4.69) is 0 Å². The average molecular weight is 143 g/mol. The molecule has 0 rings (SSSR count). The van der Waals surface area contributed by atoms with E-state index in [0.717, 1.165) is 0 Å². The molecular weight excluding hydrogens is 130 g/mol. The fraction of sp³-hybridized carbons (Fsp3) is 0.714. The van der Waals surface area contributed by atoms with Crippen molar-refractivity contribution in [3.05, 3.63) is 0 Å². The van der Waals surface area contributed by atoms with Crippen LogP contribution in [0.25, 0.3) is 0 Å². The van der Waals surface area contributed by atoms with Gasteiger partial charge in [-0.3, -0.25) is 9.59 Å². The standard InChI is InChI=1S/C7H13NO2/c1-6(2)7(10)4-8(3)5-9/h5-6H,4H2,1-3H3. The van der Waals surface area contributed by atoms with Gasteiger partial charge in [-0.1, -0.05) is 13.8 Å².